The summed E-state index contributed by atoms with van der Waals surface area (Å²) < 4.78 is 65.9. The lowest BCUT2D eigenvalue weighted by Crippen LogP contribution is -2.34. The number of pyridine rings is 1. The number of ether oxygens (including phenoxy) is 2. The highest BCUT2D eigenvalue weighted by Crippen LogP contribution is 2.56. The molecule has 1 saturated heterocycles. The topological polar surface area (TPSA) is 51.7 Å². The van der Waals surface area contributed by atoms with Crippen molar-refractivity contribution in [3.63, 3.8) is 0 Å². The van der Waals surface area contributed by atoms with Gasteiger partial charge in [-0.3, -0.25) is 4.98 Å². The molecule has 0 bridgehead atoms. The zero-order valence-electron chi connectivity index (χ0n) is 12.4. The highest BCUT2D eigenvalue weighted by Gasteiger charge is 2.68. The van der Waals surface area contributed by atoms with Crippen molar-refractivity contribution < 1.29 is 31.8 Å². The van der Waals surface area contributed by atoms with Crippen LogP contribution in [0.4, 0.5) is 17.6 Å². The van der Waals surface area contributed by atoms with Gasteiger partial charge in [0, 0.05) is 17.8 Å². The van der Waals surface area contributed by atoms with Crippen LogP contribution < -0.4 is 0 Å². The predicted molar refractivity (Wildman–Crippen MR) is 73.5 cm³/mol. The number of aromatic nitrogens is 1. The molecule has 2 aromatic rings. The number of methoxy groups -OCH3 is 1. The van der Waals surface area contributed by atoms with E-state index in [1.165, 1.54) is 0 Å². The maximum Gasteiger partial charge on any atom is 0.339 e. The first-order valence-corrected chi connectivity index (χ1v) is 6.84. The van der Waals surface area contributed by atoms with Crippen molar-refractivity contribution in [2.24, 2.45) is 0 Å². The summed E-state index contributed by atoms with van der Waals surface area (Å²) in [4.78, 5) is 14.9. The number of benzene rings is 1. The van der Waals surface area contributed by atoms with Crippen LogP contribution in [0.15, 0.2) is 36.5 Å². The minimum atomic E-state index is -3.68. The number of carbonyl (C=O) groups excluding carboxylic acids is 1. The van der Waals surface area contributed by atoms with Crippen LogP contribution in [0, 0.1) is 11.6 Å². The van der Waals surface area contributed by atoms with Gasteiger partial charge in [-0.15, -0.1) is 0 Å². The Morgan fingerprint density at radius 3 is 2.50 bits per heavy atom. The maximum absolute atomic E-state index is 14.8. The fraction of sp³-hybridized carbons (Fsp3) is 0.250. The molecule has 1 aliphatic heterocycles. The van der Waals surface area contributed by atoms with E-state index in [2.05, 4.69) is 9.72 Å². The van der Waals surface area contributed by atoms with Crippen molar-refractivity contribution in [2.45, 2.75) is 11.5 Å². The van der Waals surface area contributed by atoms with E-state index >= 15 is 0 Å². The molecule has 0 N–H and O–H groups in total. The molecule has 2 heterocycles. The van der Waals surface area contributed by atoms with E-state index in [4.69, 9.17) is 4.74 Å². The average molecular weight is 341 g/mol. The zero-order chi connectivity index (χ0) is 17.5. The molecule has 126 valence electrons. The largest absolute Gasteiger partial charge is 0.465 e. The van der Waals surface area contributed by atoms with Crippen LogP contribution in [0.25, 0.3) is 0 Å². The van der Waals surface area contributed by atoms with Crippen LogP contribution >= 0.6 is 0 Å². The van der Waals surface area contributed by atoms with E-state index in [0.717, 1.165) is 37.6 Å². The third kappa shape index (κ3) is 2.43. The second kappa shape index (κ2) is 5.55. The van der Waals surface area contributed by atoms with Crippen molar-refractivity contribution in [2.75, 3.05) is 13.7 Å². The van der Waals surface area contributed by atoms with Gasteiger partial charge >= 0.3 is 11.9 Å². The molecule has 0 aliphatic carbocycles. The van der Waals surface area contributed by atoms with E-state index < -0.39 is 47.0 Å². The van der Waals surface area contributed by atoms with E-state index in [1.54, 1.807) is 0 Å². The molecule has 24 heavy (non-hydrogen) atoms. The summed E-state index contributed by atoms with van der Waals surface area (Å²) >= 11 is 0. The summed E-state index contributed by atoms with van der Waals surface area (Å²) in [7, 11) is 1.15. The summed E-state index contributed by atoms with van der Waals surface area (Å²) in [5.74, 6) is -6.41. The lowest BCUT2D eigenvalue weighted by Gasteiger charge is -2.24. The molecule has 1 aromatic heterocycles. The molecule has 0 radical (unpaired) electrons. The molecule has 0 amide bonds. The Morgan fingerprint density at radius 2 is 2.00 bits per heavy atom. The van der Waals surface area contributed by atoms with Crippen LogP contribution in [-0.2, 0) is 21.0 Å². The second-order valence-corrected chi connectivity index (χ2v) is 5.24. The van der Waals surface area contributed by atoms with Crippen LogP contribution in [0.1, 0.15) is 21.6 Å². The normalized spacial score (nSPS) is 19.9. The van der Waals surface area contributed by atoms with Crippen LogP contribution in [0.3, 0.4) is 0 Å². The molecular formula is C16H11F4NO3. The number of carbonyl (C=O) groups is 1. The maximum atomic E-state index is 14.8. The Labute approximate surface area is 134 Å². The lowest BCUT2D eigenvalue weighted by atomic mass is 9.90. The quantitative estimate of drug-likeness (QED) is 0.487. The SMILES string of the molecule is COC(=O)c1ccc(C(F)(F)C2(c3ccc(F)cc3F)CO2)nc1. The van der Waals surface area contributed by atoms with Crippen LogP contribution in [0.2, 0.25) is 0 Å². The number of halogens is 4. The lowest BCUT2D eigenvalue weighted by molar-refractivity contribution is -0.0902. The van der Waals surface area contributed by atoms with Crippen molar-refractivity contribution in [3.8, 4) is 0 Å². The van der Waals surface area contributed by atoms with Crippen LogP contribution in [-0.4, -0.2) is 24.7 Å². The molecule has 0 saturated carbocycles. The molecule has 3 rings (SSSR count). The molecule has 8 heteroatoms. The van der Waals surface area contributed by atoms with Gasteiger partial charge in [0.25, 0.3) is 0 Å². The molecule has 1 aliphatic rings. The van der Waals surface area contributed by atoms with Gasteiger partial charge in [-0.25, -0.2) is 13.6 Å². The fourth-order valence-electron chi connectivity index (χ4n) is 2.42. The van der Waals surface area contributed by atoms with Crippen molar-refractivity contribution in [1.29, 1.82) is 0 Å². The summed E-state index contributed by atoms with van der Waals surface area (Å²) in [6, 6.07) is 4.39. The Bertz CT molecular complexity index is 788. The predicted octanol–water partition coefficient (Wildman–Crippen LogP) is 3.16. The minimum absolute atomic E-state index is 0.00391. The Kier molecular flexibility index (Phi) is 3.79. The number of hydrogen-bond donors (Lipinski definition) is 0. The van der Waals surface area contributed by atoms with Gasteiger partial charge in [0.2, 0.25) is 0 Å². The number of nitrogens with zero attached hydrogens (tertiary/aromatic N) is 1. The number of alkyl halides is 2. The average Bonchev–Trinajstić information content (AvgIpc) is 3.36. The third-order valence-corrected chi connectivity index (χ3v) is 3.81. The van der Waals surface area contributed by atoms with Gasteiger partial charge in [0.15, 0.2) is 5.60 Å². The van der Waals surface area contributed by atoms with E-state index in [0.29, 0.717) is 6.07 Å². The Morgan fingerprint density at radius 1 is 1.29 bits per heavy atom. The van der Waals surface area contributed by atoms with E-state index in [9.17, 15) is 22.4 Å². The van der Waals surface area contributed by atoms with E-state index in [1.807, 2.05) is 0 Å². The molecule has 4 nitrogen and oxygen atoms in total. The first-order valence-electron chi connectivity index (χ1n) is 6.84. The number of epoxide rings is 1. The standard InChI is InChI=1S/C16H11F4NO3/c1-23-14(22)9-2-5-13(21-7-9)16(19,20)15(8-24-15)11-4-3-10(17)6-12(11)18/h2-7H,8H2,1H3. The monoisotopic (exact) mass is 341 g/mol. The molecule has 1 aromatic carbocycles. The molecule has 1 atom stereocenters. The first kappa shape index (κ1) is 16.4. The Balaban J connectivity index is 1.99. The smallest absolute Gasteiger partial charge is 0.339 e. The van der Waals surface area contributed by atoms with Crippen molar-refractivity contribution in [3.05, 3.63) is 65.0 Å². The minimum Gasteiger partial charge on any atom is -0.465 e. The highest BCUT2D eigenvalue weighted by molar-refractivity contribution is 5.88. The molecule has 1 unspecified atom stereocenters. The molecular weight excluding hydrogens is 330 g/mol. The van der Waals surface area contributed by atoms with Gasteiger partial charge in [0.1, 0.15) is 17.3 Å². The number of rotatable bonds is 4. The summed E-state index contributed by atoms with van der Waals surface area (Å²) in [5, 5.41) is 0. The third-order valence-electron chi connectivity index (χ3n) is 3.81. The van der Waals surface area contributed by atoms with Gasteiger partial charge in [-0.2, -0.15) is 8.78 Å². The van der Waals surface area contributed by atoms with Crippen molar-refractivity contribution >= 4 is 5.97 Å². The zero-order valence-corrected chi connectivity index (χ0v) is 12.4. The number of esters is 1. The van der Waals surface area contributed by atoms with Gasteiger partial charge < -0.3 is 9.47 Å². The number of hydrogen-bond acceptors (Lipinski definition) is 4. The Hall–Kier alpha value is -2.48. The summed E-state index contributed by atoms with van der Waals surface area (Å²) in [6.07, 6.45) is 0.937. The van der Waals surface area contributed by atoms with Crippen LogP contribution in [0.5, 0.6) is 0 Å². The first-order chi connectivity index (χ1) is 11.3. The van der Waals surface area contributed by atoms with Crippen molar-refractivity contribution in [1.82, 2.24) is 4.98 Å². The second-order valence-electron chi connectivity index (χ2n) is 5.24. The fourth-order valence-corrected chi connectivity index (χ4v) is 2.42. The van der Waals surface area contributed by atoms with Gasteiger partial charge in [-0.1, -0.05) is 0 Å². The van der Waals surface area contributed by atoms with Gasteiger partial charge in [0.05, 0.1) is 19.3 Å². The van der Waals surface area contributed by atoms with E-state index in [-0.39, 0.29) is 5.56 Å². The summed E-state index contributed by atoms with van der Waals surface area (Å²) in [6.45, 7) is -0.441. The molecule has 0 spiro atoms. The van der Waals surface area contributed by atoms with Gasteiger partial charge in [-0.05, 0) is 24.3 Å². The summed E-state index contributed by atoms with van der Waals surface area (Å²) in [5.41, 5.74) is -3.40. The highest BCUT2D eigenvalue weighted by atomic mass is 19.3. The molecule has 1 fully saturated rings.